The van der Waals surface area contributed by atoms with Crippen LogP contribution in [0.2, 0.25) is 0 Å². The van der Waals surface area contributed by atoms with E-state index in [-0.39, 0.29) is 6.61 Å². The van der Waals surface area contributed by atoms with Gasteiger partial charge in [-0.3, -0.25) is 4.90 Å². The summed E-state index contributed by atoms with van der Waals surface area (Å²) in [5, 5.41) is 8.80. The minimum Gasteiger partial charge on any atom is -0.393 e. The molecule has 12 heavy (non-hydrogen) atoms. The summed E-state index contributed by atoms with van der Waals surface area (Å²) in [6.45, 7) is 5.05. The molecule has 0 radical (unpaired) electrons. The second kappa shape index (κ2) is 3.71. The zero-order chi connectivity index (χ0) is 9.19. The second-order valence-electron chi connectivity index (χ2n) is 3.79. The van der Waals surface area contributed by atoms with E-state index in [1.54, 1.807) is 0 Å². The Hall–Kier alpha value is -0.150. The summed E-state index contributed by atoms with van der Waals surface area (Å²) in [5.74, 6) is 0. The lowest BCUT2D eigenvalue weighted by atomic mass is 10.1. The fraction of sp³-hybridized carbons (Fsp3) is 1.00. The number of rotatable bonds is 3. The number of hydrogen-bond acceptors (Lipinski definition) is 2. The number of aliphatic hydroxyl groups excluding tert-OH is 1. The Kier molecular flexibility index (Phi) is 3.07. The van der Waals surface area contributed by atoms with Crippen molar-refractivity contribution < 1.29 is 9.50 Å². The van der Waals surface area contributed by atoms with Crippen molar-refractivity contribution in [1.82, 2.24) is 4.90 Å². The van der Waals surface area contributed by atoms with E-state index in [0.717, 1.165) is 13.0 Å². The van der Waals surface area contributed by atoms with E-state index in [1.807, 2.05) is 0 Å². The fourth-order valence-corrected chi connectivity index (χ4v) is 1.63. The first-order valence-electron chi connectivity index (χ1n) is 4.65. The van der Waals surface area contributed by atoms with Crippen molar-refractivity contribution >= 4 is 0 Å². The van der Waals surface area contributed by atoms with Gasteiger partial charge >= 0.3 is 0 Å². The molecule has 1 rings (SSSR count). The van der Waals surface area contributed by atoms with Crippen molar-refractivity contribution in [2.45, 2.75) is 38.4 Å². The van der Waals surface area contributed by atoms with Gasteiger partial charge in [-0.25, -0.2) is 4.39 Å². The van der Waals surface area contributed by atoms with Gasteiger partial charge in [0.05, 0.1) is 6.61 Å². The molecule has 1 fully saturated rings. The smallest absolute Gasteiger partial charge is 0.147 e. The highest BCUT2D eigenvalue weighted by Crippen LogP contribution is 2.26. The van der Waals surface area contributed by atoms with Crippen molar-refractivity contribution in [1.29, 1.82) is 0 Å². The molecule has 2 atom stereocenters. The summed E-state index contributed by atoms with van der Waals surface area (Å²) < 4.78 is 13.5. The average molecular weight is 175 g/mol. The van der Waals surface area contributed by atoms with Gasteiger partial charge < -0.3 is 5.11 Å². The fourth-order valence-electron chi connectivity index (χ4n) is 1.63. The molecule has 1 aliphatic heterocycles. The van der Waals surface area contributed by atoms with Gasteiger partial charge in [-0.2, -0.15) is 0 Å². The molecule has 1 aliphatic rings. The summed E-state index contributed by atoms with van der Waals surface area (Å²) in [7, 11) is 0. The van der Waals surface area contributed by atoms with Crippen LogP contribution in [0.25, 0.3) is 0 Å². The van der Waals surface area contributed by atoms with Crippen LogP contribution in [0.5, 0.6) is 0 Å². The molecule has 1 heterocycles. The minimum atomic E-state index is -1.33. The standard InChI is InChI=1S/C9H18FNO/c1-3-8(2)11-5-4-9(10,6-11)7-12/h8,12H,3-7H2,1-2H3. The Morgan fingerprint density at radius 1 is 1.67 bits per heavy atom. The zero-order valence-corrected chi connectivity index (χ0v) is 7.89. The molecule has 0 aromatic rings. The van der Waals surface area contributed by atoms with Crippen molar-refractivity contribution in [2.75, 3.05) is 19.7 Å². The first-order chi connectivity index (χ1) is 5.61. The summed E-state index contributed by atoms with van der Waals surface area (Å²) in [6, 6.07) is 0.439. The molecule has 0 aromatic heterocycles. The van der Waals surface area contributed by atoms with Crippen LogP contribution in [0.15, 0.2) is 0 Å². The van der Waals surface area contributed by atoms with E-state index < -0.39 is 5.67 Å². The highest BCUT2D eigenvalue weighted by molar-refractivity contribution is 4.91. The van der Waals surface area contributed by atoms with Crippen LogP contribution in [-0.4, -0.2) is 41.4 Å². The third-order valence-electron chi connectivity index (χ3n) is 2.83. The largest absolute Gasteiger partial charge is 0.393 e. The molecule has 3 heteroatoms. The van der Waals surface area contributed by atoms with Crippen LogP contribution in [0, 0.1) is 0 Å². The number of likely N-dealkylation sites (tertiary alicyclic amines) is 1. The predicted octanol–water partition coefficient (Wildman–Crippen LogP) is 1.19. The molecule has 1 saturated heterocycles. The molecule has 1 N–H and O–H groups in total. The number of hydrogen-bond donors (Lipinski definition) is 1. The lowest BCUT2D eigenvalue weighted by Gasteiger charge is -2.24. The summed E-state index contributed by atoms with van der Waals surface area (Å²) >= 11 is 0. The predicted molar refractivity (Wildman–Crippen MR) is 46.9 cm³/mol. The van der Waals surface area contributed by atoms with Crippen LogP contribution >= 0.6 is 0 Å². The van der Waals surface area contributed by atoms with Crippen LogP contribution in [0.4, 0.5) is 4.39 Å². The molecule has 0 bridgehead atoms. The van der Waals surface area contributed by atoms with Crippen molar-refractivity contribution in [3.05, 3.63) is 0 Å². The first-order valence-corrected chi connectivity index (χ1v) is 4.65. The summed E-state index contributed by atoms with van der Waals surface area (Å²) in [6.07, 6.45) is 1.52. The Morgan fingerprint density at radius 3 is 2.75 bits per heavy atom. The minimum absolute atomic E-state index is 0.333. The van der Waals surface area contributed by atoms with Gasteiger partial charge in [-0.15, -0.1) is 0 Å². The molecular weight excluding hydrogens is 157 g/mol. The van der Waals surface area contributed by atoms with Crippen LogP contribution in [0.3, 0.4) is 0 Å². The normalized spacial score (nSPS) is 34.0. The first kappa shape index (κ1) is 9.93. The van der Waals surface area contributed by atoms with Crippen LogP contribution in [0.1, 0.15) is 26.7 Å². The summed E-state index contributed by atoms with van der Waals surface area (Å²) in [4.78, 5) is 2.11. The number of nitrogens with zero attached hydrogens (tertiary/aromatic N) is 1. The molecule has 0 saturated carbocycles. The van der Waals surface area contributed by atoms with E-state index in [1.165, 1.54) is 0 Å². The highest BCUT2D eigenvalue weighted by atomic mass is 19.1. The van der Waals surface area contributed by atoms with Gasteiger partial charge in [-0.05, 0) is 19.8 Å². The van der Waals surface area contributed by atoms with E-state index in [2.05, 4.69) is 18.7 Å². The maximum Gasteiger partial charge on any atom is 0.147 e. The third kappa shape index (κ3) is 1.96. The van der Waals surface area contributed by atoms with Crippen LogP contribution in [-0.2, 0) is 0 Å². The number of aliphatic hydroxyl groups is 1. The Bertz CT molecular complexity index is 153. The van der Waals surface area contributed by atoms with Gasteiger partial charge in [0.1, 0.15) is 5.67 Å². The molecule has 0 aliphatic carbocycles. The van der Waals surface area contributed by atoms with Crippen molar-refractivity contribution in [3.8, 4) is 0 Å². The Balaban J connectivity index is 2.45. The van der Waals surface area contributed by atoms with Gasteiger partial charge in [-0.1, -0.05) is 6.92 Å². The topological polar surface area (TPSA) is 23.5 Å². The Labute approximate surface area is 73.4 Å². The SMILES string of the molecule is CCC(C)N1CCC(F)(CO)C1. The number of alkyl halides is 1. The second-order valence-corrected chi connectivity index (χ2v) is 3.79. The molecule has 0 spiro atoms. The molecule has 0 aromatic carbocycles. The van der Waals surface area contributed by atoms with Crippen LogP contribution < -0.4 is 0 Å². The summed E-state index contributed by atoms with van der Waals surface area (Å²) in [5.41, 5.74) is -1.33. The third-order valence-corrected chi connectivity index (χ3v) is 2.83. The number of halogens is 1. The quantitative estimate of drug-likeness (QED) is 0.696. The Morgan fingerprint density at radius 2 is 2.33 bits per heavy atom. The van der Waals surface area contributed by atoms with Crippen molar-refractivity contribution in [3.63, 3.8) is 0 Å². The van der Waals surface area contributed by atoms with E-state index >= 15 is 0 Å². The monoisotopic (exact) mass is 175 g/mol. The van der Waals surface area contributed by atoms with Crippen molar-refractivity contribution in [2.24, 2.45) is 0 Å². The molecule has 2 nitrogen and oxygen atoms in total. The van der Waals surface area contributed by atoms with Gasteiger partial charge in [0.15, 0.2) is 0 Å². The molecule has 72 valence electrons. The zero-order valence-electron chi connectivity index (χ0n) is 7.89. The maximum atomic E-state index is 13.5. The molecule has 2 unspecified atom stereocenters. The lowest BCUT2D eigenvalue weighted by molar-refractivity contribution is 0.0725. The van der Waals surface area contributed by atoms with E-state index in [9.17, 15) is 4.39 Å². The van der Waals surface area contributed by atoms with Gasteiger partial charge in [0.2, 0.25) is 0 Å². The lowest BCUT2D eigenvalue weighted by Crippen LogP contribution is -2.36. The average Bonchev–Trinajstić information content (AvgIpc) is 2.48. The maximum absolute atomic E-state index is 13.5. The van der Waals surface area contributed by atoms with Gasteiger partial charge in [0, 0.05) is 19.1 Å². The van der Waals surface area contributed by atoms with E-state index in [0.29, 0.717) is 19.0 Å². The molecule has 0 amide bonds. The molecular formula is C9H18FNO. The van der Waals surface area contributed by atoms with E-state index in [4.69, 9.17) is 5.11 Å². The van der Waals surface area contributed by atoms with Gasteiger partial charge in [0.25, 0.3) is 0 Å². The highest BCUT2D eigenvalue weighted by Gasteiger charge is 2.38.